The molecule has 0 fully saturated rings. The number of ether oxygens (including phenoxy) is 1. The number of nitrogens with zero attached hydrogens (tertiary/aromatic N) is 3. The van der Waals surface area contributed by atoms with Crippen LogP contribution >= 0.6 is 11.6 Å². The highest BCUT2D eigenvalue weighted by molar-refractivity contribution is 6.30. The molecule has 4 nitrogen and oxygen atoms in total. The third-order valence-corrected chi connectivity index (χ3v) is 3.94. The van der Waals surface area contributed by atoms with Crippen molar-refractivity contribution < 1.29 is 4.74 Å². The zero-order chi connectivity index (χ0) is 15.0. The number of aryl methyl sites for hydroxylation is 2. The van der Waals surface area contributed by atoms with Gasteiger partial charge in [-0.05, 0) is 30.2 Å². The molecule has 0 spiro atoms. The zero-order valence-electron chi connectivity index (χ0n) is 12.2. The molecule has 0 aliphatic rings. The number of fused-ring (bicyclic) bond motifs is 1. The second-order valence-corrected chi connectivity index (χ2v) is 5.25. The molecule has 0 aromatic carbocycles. The summed E-state index contributed by atoms with van der Waals surface area (Å²) < 4.78 is 7.55. The molecule has 3 rings (SSSR count). The van der Waals surface area contributed by atoms with Crippen molar-refractivity contribution in [2.75, 3.05) is 7.11 Å². The predicted molar refractivity (Wildman–Crippen MR) is 84.9 cm³/mol. The lowest BCUT2D eigenvalue weighted by Gasteiger charge is -2.12. The van der Waals surface area contributed by atoms with Crippen LogP contribution < -0.4 is 4.74 Å². The highest BCUT2D eigenvalue weighted by Crippen LogP contribution is 2.35. The molecule has 3 aromatic rings. The van der Waals surface area contributed by atoms with Crippen LogP contribution in [0.25, 0.3) is 22.2 Å². The summed E-state index contributed by atoms with van der Waals surface area (Å²) >= 11 is 5.99. The van der Waals surface area contributed by atoms with E-state index in [1.54, 1.807) is 19.5 Å². The van der Waals surface area contributed by atoms with E-state index < -0.39 is 0 Å². The first kappa shape index (κ1) is 13.9. The van der Waals surface area contributed by atoms with Gasteiger partial charge in [0.2, 0.25) is 5.88 Å². The van der Waals surface area contributed by atoms with Crippen LogP contribution in [0, 0.1) is 0 Å². The Labute approximate surface area is 128 Å². The van der Waals surface area contributed by atoms with E-state index >= 15 is 0 Å². The van der Waals surface area contributed by atoms with E-state index in [1.807, 2.05) is 19.2 Å². The van der Waals surface area contributed by atoms with E-state index in [2.05, 4.69) is 27.5 Å². The number of hydrogen-bond donors (Lipinski definition) is 0. The molecule has 3 aromatic heterocycles. The van der Waals surface area contributed by atoms with Gasteiger partial charge in [0.15, 0.2) is 0 Å². The molecule has 0 aliphatic heterocycles. The third kappa shape index (κ3) is 2.25. The fraction of sp³-hybridized carbons (Fsp3) is 0.250. The maximum Gasteiger partial charge on any atom is 0.222 e. The van der Waals surface area contributed by atoms with Crippen molar-refractivity contribution in [1.29, 1.82) is 0 Å². The van der Waals surface area contributed by atoms with Gasteiger partial charge in [0.1, 0.15) is 5.15 Å². The van der Waals surface area contributed by atoms with Crippen molar-refractivity contribution in [3.05, 3.63) is 41.3 Å². The summed E-state index contributed by atoms with van der Waals surface area (Å²) in [7, 11) is 3.66. The maximum atomic E-state index is 5.99. The average molecular weight is 302 g/mol. The highest BCUT2D eigenvalue weighted by atomic mass is 35.5. The molecule has 0 unspecified atom stereocenters. The Balaban J connectivity index is 2.32. The zero-order valence-corrected chi connectivity index (χ0v) is 13.0. The Kier molecular flexibility index (Phi) is 3.55. The molecule has 5 heteroatoms. The lowest BCUT2D eigenvalue weighted by Crippen LogP contribution is -2.00. The molecule has 0 amide bonds. The molecule has 3 heterocycles. The summed E-state index contributed by atoms with van der Waals surface area (Å²) in [6.45, 7) is 2.12. The minimum Gasteiger partial charge on any atom is -0.480 e. The Morgan fingerprint density at radius 3 is 2.81 bits per heavy atom. The summed E-state index contributed by atoms with van der Waals surface area (Å²) in [5.41, 5.74) is 4.31. The second kappa shape index (κ2) is 5.37. The van der Waals surface area contributed by atoms with Crippen LogP contribution in [0.3, 0.4) is 0 Å². The molecule has 0 N–H and O–H groups in total. The molecule has 21 heavy (non-hydrogen) atoms. The van der Waals surface area contributed by atoms with Crippen LogP contribution in [0.2, 0.25) is 5.15 Å². The van der Waals surface area contributed by atoms with Crippen LogP contribution in [0.15, 0.2) is 30.6 Å². The molecule has 0 atom stereocenters. The third-order valence-electron chi connectivity index (χ3n) is 3.73. The summed E-state index contributed by atoms with van der Waals surface area (Å²) in [5.74, 6) is 0.638. The van der Waals surface area contributed by atoms with E-state index in [1.165, 1.54) is 5.56 Å². The molecular weight excluding hydrogens is 286 g/mol. The lowest BCUT2D eigenvalue weighted by atomic mass is 10.0. The molecule has 108 valence electrons. The van der Waals surface area contributed by atoms with Crippen molar-refractivity contribution in [1.82, 2.24) is 14.5 Å². The SMILES string of the molecule is CCc1ccnc(OC)c1-c1cc2cc(Cl)ncc2n1C. The first-order valence-corrected chi connectivity index (χ1v) is 7.16. The fourth-order valence-corrected chi connectivity index (χ4v) is 2.82. The quantitative estimate of drug-likeness (QED) is 0.690. The van der Waals surface area contributed by atoms with E-state index in [9.17, 15) is 0 Å². The largest absolute Gasteiger partial charge is 0.480 e. The van der Waals surface area contributed by atoms with Gasteiger partial charge in [-0.15, -0.1) is 0 Å². The highest BCUT2D eigenvalue weighted by Gasteiger charge is 2.17. The molecule has 0 saturated heterocycles. The number of pyridine rings is 2. The van der Waals surface area contributed by atoms with Crippen LogP contribution in [-0.2, 0) is 13.5 Å². The first-order valence-electron chi connectivity index (χ1n) is 6.79. The lowest BCUT2D eigenvalue weighted by molar-refractivity contribution is 0.399. The second-order valence-electron chi connectivity index (χ2n) is 4.86. The van der Waals surface area contributed by atoms with E-state index in [-0.39, 0.29) is 0 Å². The summed E-state index contributed by atoms with van der Waals surface area (Å²) in [4.78, 5) is 8.49. The van der Waals surface area contributed by atoms with Gasteiger partial charge in [-0.1, -0.05) is 18.5 Å². The van der Waals surface area contributed by atoms with Crippen LogP contribution in [0.1, 0.15) is 12.5 Å². The average Bonchev–Trinajstić information content (AvgIpc) is 2.82. The predicted octanol–water partition coefficient (Wildman–Crippen LogP) is 3.86. The number of halogens is 1. The smallest absolute Gasteiger partial charge is 0.222 e. The molecule has 0 aliphatic carbocycles. The standard InChI is InChI=1S/C16H16ClN3O/c1-4-10-5-6-18-16(21-3)15(10)12-7-11-8-14(17)19-9-13(11)20(12)2/h5-9H,4H2,1-3H3. The van der Waals surface area contributed by atoms with Crippen LogP contribution in [-0.4, -0.2) is 21.6 Å². The summed E-state index contributed by atoms with van der Waals surface area (Å²) in [6, 6.07) is 6.00. The fourth-order valence-electron chi connectivity index (χ4n) is 2.65. The van der Waals surface area contributed by atoms with Crippen LogP contribution in [0.5, 0.6) is 5.88 Å². The Morgan fingerprint density at radius 1 is 1.29 bits per heavy atom. The van der Waals surface area contributed by atoms with Gasteiger partial charge in [0.05, 0.1) is 30.1 Å². The molecule has 0 bridgehead atoms. The van der Waals surface area contributed by atoms with Gasteiger partial charge in [-0.3, -0.25) is 0 Å². The van der Waals surface area contributed by atoms with E-state index in [0.717, 1.165) is 28.6 Å². The van der Waals surface area contributed by atoms with E-state index in [4.69, 9.17) is 16.3 Å². The molecule has 0 radical (unpaired) electrons. The van der Waals surface area contributed by atoms with Gasteiger partial charge in [0, 0.05) is 18.6 Å². The van der Waals surface area contributed by atoms with Gasteiger partial charge < -0.3 is 9.30 Å². The first-order chi connectivity index (χ1) is 10.2. The van der Waals surface area contributed by atoms with Gasteiger partial charge in [-0.25, -0.2) is 9.97 Å². The molecular formula is C16H16ClN3O. The monoisotopic (exact) mass is 301 g/mol. The Bertz CT molecular complexity index is 788. The van der Waals surface area contributed by atoms with Crippen molar-refractivity contribution >= 4 is 22.5 Å². The Hall–Kier alpha value is -2.07. The Morgan fingerprint density at radius 2 is 2.10 bits per heavy atom. The van der Waals surface area contributed by atoms with Gasteiger partial charge >= 0.3 is 0 Å². The van der Waals surface area contributed by atoms with Gasteiger partial charge in [-0.2, -0.15) is 0 Å². The van der Waals surface area contributed by atoms with Crippen molar-refractivity contribution in [2.24, 2.45) is 7.05 Å². The van der Waals surface area contributed by atoms with Gasteiger partial charge in [0.25, 0.3) is 0 Å². The number of aromatic nitrogens is 3. The van der Waals surface area contributed by atoms with Crippen molar-refractivity contribution in [3.8, 4) is 17.1 Å². The number of rotatable bonds is 3. The maximum absolute atomic E-state index is 5.99. The normalized spacial score (nSPS) is 11.0. The number of methoxy groups -OCH3 is 1. The number of hydrogen-bond acceptors (Lipinski definition) is 3. The van der Waals surface area contributed by atoms with Crippen molar-refractivity contribution in [2.45, 2.75) is 13.3 Å². The molecule has 0 saturated carbocycles. The van der Waals surface area contributed by atoms with Crippen molar-refractivity contribution in [3.63, 3.8) is 0 Å². The summed E-state index contributed by atoms with van der Waals surface area (Å²) in [6.07, 6.45) is 4.48. The van der Waals surface area contributed by atoms with E-state index in [0.29, 0.717) is 11.0 Å². The summed E-state index contributed by atoms with van der Waals surface area (Å²) in [5, 5.41) is 1.55. The van der Waals surface area contributed by atoms with Crippen LogP contribution in [0.4, 0.5) is 0 Å². The topological polar surface area (TPSA) is 39.9 Å². The minimum absolute atomic E-state index is 0.494. The minimum atomic E-state index is 0.494.